The summed E-state index contributed by atoms with van der Waals surface area (Å²) < 4.78 is 0. The first-order valence-electron chi connectivity index (χ1n) is 4.40. The number of H-pyrrole nitrogens is 1. The molecule has 1 nitrogen and oxygen atoms in total. The molecule has 0 atom stereocenters. The third kappa shape index (κ3) is 1.24. The topological polar surface area (TPSA) is 15.8 Å². The van der Waals surface area contributed by atoms with E-state index in [1.54, 1.807) is 0 Å². The summed E-state index contributed by atoms with van der Waals surface area (Å²) in [4.78, 5) is 3.38. The molecule has 0 spiro atoms. The zero-order valence-corrected chi connectivity index (χ0v) is 9.24. The van der Waals surface area contributed by atoms with E-state index in [-0.39, 0.29) is 17.1 Å². The van der Waals surface area contributed by atoms with Gasteiger partial charge in [0, 0.05) is 38.9 Å². The molecule has 68 valence electrons. The van der Waals surface area contributed by atoms with Crippen LogP contribution in [0.1, 0.15) is 0 Å². The molecule has 1 N–H and O–H groups in total. The maximum absolute atomic E-state index is 3.38. The van der Waals surface area contributed by atoms with Crippen molar-refractivity contribution in [3.63, 3.8) is 0 Å². The molecule has 0 saturated carbocycles. The van der Waals surface area contributed by atoms with Gasteiger partial charge < -0.3 is 4.98 Å². The second-order valence-electron chi connectivity index (χ2n) is 3.22. The van der Waals surface area contributed by atoms with Crippen molar-refractivity contribution in [1.29, 1.82) is 0 Å². The largest absolute Gasteiger partial charge is 0.355 e. The van der Waals surface area contributed by atoms with Gasteiger partial charge in [-0.25, -0.2) is 0 Å². The van der Waals surface area contributed by atoms with E-state index >= 15 is 0 Å². The van der Waals surface area contributed by atoms with Crippen LogP contribution in [-0.4, -0.2) is 22.1 Å². The van der Waals surface area contributed by atoms with Gasteiger partial charge >= 0.3 is 0 Å². The molecule has 0 aliphatic rings. The molecular weight excluding hydrogens is 237 g/mol. The molecule has 0 saturated heterocycles. The fourth-order valence-corrected chi connectivity index (χ4v) is 1.80. The molecule has 0 bridgehead atoms. The monoisotopic (exact) mass is 247 g/mol. The Labute approximate surface area is 92.6 Å². The van der Waals surface area contributed by atoms with Crippen molar-refractivity contribution in [2.45, 2.75) is 0 Å². The maximum atomic E-state index is 3.38. The molecule has 3 rings (SSSR count). The molecule has 3 aromatic rings. The van der Waals surface area contributed by atoms with E-state index in [9.17, 15) is 0 Å². The minimum atomic E-state index is 0. The summed E-state index contributed by atoms with van der Waals surface area (Å²) >= 11 is 0. The maximum Gasteiger partial charge on any atom is 0.0464 e. The van der Waals surface area contributed by atoms with Gasteiger partial charge in [0.15, 0.2) is 0 Å². The average Bonchev–Trinajstić information content (AvgIpc) is 2.56. The summed E-state index contributed by atoms with van der Waals surface area (Å²) in [5.41, 5.74) is 2.42. The average molecular weight is 246 g/mol. The van der Waals surface area contributed by atoms with E-state index in [2.05, 4.69) is 53.5 Å². The first-order valence-corrected chi connectivity index (χ1v) is 4.40. The SMILES string of the molecule is [Se].c1ccc2c(c1)[nH]c1ccccc12. The minimum absolute atomic E-state index is 0. The predicted octanol–water partition coefficient (Wildman–Crippen LogP) is 2.94. The minimum Gasteiger partial charge on any atom is -0.355 e. The third-order valence-corrected chi connectivity index (χ3v) is 2.41. The Kier molecular flexibility index (Phi) is 2.32. The second-order valence-corrected chi connectivity index (χ2v) is 3.22. The van der Waals surface area contributed by atoms with E-state index in [4.69, 9.17) is 0 Å². The summed E-state index contributed by atoms with van der Waals surface area (Å²) in [6, 6.07) is 16.8. The van der Waals surface area contributed by atoms with Crippen molar-refractivity contribution in [3.8, 4) is 0 Å². The fraction of sp³-hybridized carbons (Fsp3) is 0. The molecule has 0 amide bonds. The number of nitrogens with one attached hydrogen (secondary N) is 1. The Hall–Kier alpha value is -1.24. The number of aromatic nitrogens is 1. The number of benzene rings is 2. The number of para-hydroxylation sites is 2. The molecule has 2 aromatic carbocycles. The van der Waals surface area contributed by atoms with E-state index in [1.165, 1.54) is 21.8 Å². The van der Waals surface area contributed by atoms with Crippen molar-refractivity contribution < 1.29 is 0 Å². The van der Waals surface area contributed by atoms with Gasteiger partial charge in [0.05, 0.1) is 0 Å². The van der Waals surface area contributed by atoms with Crippen LogP contribution in [0, 0.1) is 0 Å². The number of fused-ring (bicyclic) bond motifs is 3. The van der Waals surface area contributed by atoms with Crippen LogP contribution in [0.5, 0.6) is 0 Å². The standard InChI is InChI=1S/C12H9N.Se/c1-3-7-11-9(5-1)10-6-2-4-8-12(10)13-11;/h1-8,13H;. The van der Waals surface area contributed by atoms with E-state index in [0.717, 1.165) is 0 Å². The summed E-state index contributed by atoms with van der Waals surface area (Å²) in [6.07, 6.45) is 0. The first kappa shape index (κ1) is 9.32. The Balaban J connectivity index is 0.000000750. The molecule has 0 aliphatic carbocycles. The molecular formula is C12H9NSe. The van der Waals surface area contributed by atoms with Crippen LogP contribution in [0.2, 0.25) is 0 Å². The van der Waals surface area contributed by atoms with Crippen LogP contribution >= 0.6 is 0 Å². The van der Waals surface area contributed by atoms with Gasteiger partial charge in [-0.3, -0.25) is 0 Å². The van der Waals surface area contributed by atoms with E-state index in [1.807, 2.05) is 0 Å². The van der Waals surface area contributed by atoms with Gasteiger partial charge in [-0.15, -0.1) is 0 Å². The van der Waals surface area contributed by atoms with Crippen LogP contribution < -0.4 is 0 Å². The Morgan fingerprint density at radius 3 is 1.57 bits per heavy atom. The van der Waals surface area contributed by atoms with Gasteiger partial charge in [0.2, 0.25) is 0 Å². The summed E-state index contributed by atoms with van der Waals surface area (Å²) in [7, 11) is 0. The number of hydrogen-bond donors (Lipinski definition) is 1. The van der Waals surface area contributed by atoms with Crippen LogP contribution in [0.4, 0.5) is 0 Å². The Morgan fingerprint density at radius 2 is 1.07 bits per heavy atom. The number of rotatable bonds is 0. The second kappa shape index (κ2) is 3.49. The Bertz CT molecular complexity index is 518. The zero-order valence-electron chi connectivity index (χ0n) is 7.53. The number of aromatic amines is 1. The molecule has 0 unspecified atom stereocenters. The molecule has 1 aromatic heterocycles. The molecule has 14 heavy (non-hydrogen) atoms. The molecule has 2 heteroatoms. The Morgan fingerprint density at radius 1 is 0.643 bits per heavy atom. The van der Waals surface area contributed by atoms with Gasteiger partial charge in [-0.2, -0.15) is 0 Å². The van der Waals surface area contributed by atoms with Crippen molar-refractivity contribution >= 4 is 38.9 Å². The van der Waals surface area contributed by atoms with Crippen LogP contribution in [-0.2, 0) is 0 Å². The van der Waals surface area contributed by atoms with Gasteiger partial charge in [-0.1, -0.05) is 36.4 Å². The predicted molar refractivity (Wildman–Crippen MR) is 61.6 cm³/mol. The molecule has 1 heterocycles. The van der Waals surface area contributed by atoms with Crippen LogP contribution in [0.25, 0.3) is 21.8 Å². The van der Waals surface area contributed by atoms with Gasteiger partial charge in [-0.05, 0) is 12.1 Å². The third-order valence-electron chi connectivity index (χ3n) is 2.41. The van der Waals surface area contributed by atoms with Crippen molar-refractivity contribution in [2.75, 3.05) is 0 Å². The van der Waals surface area contributed by atoms with Gasteiger partial charge in [0.1, 0.15) is 0 Å². The van der Waals surface area contributed by atoms with E-state index < -0.39 is 0 Å². The molecule has 0 fully saturated rings. The van der Waals surface area contributed by atoms with Crippen LogP contribution in [0.15, 0.2) is 48.5 Å². The summed E-state index contributed by atoms with van der Waals surface area (Å²) in [5, 5.41) is 2.61. The van der Waals surface area contributed by atoms with Crippen molar-refractivity contribution in [3.05, 3.63) is 48.5 Å². The first-order chi connectivity index (χ1) is 6.45. The van der Waals surface area contributed by atoms with Gasteiger partial charge in [0.25, 0.3) is 0 Å². The number of hydrogen-bond acceptors (Lipinski definition) is 0. The smallest absolute Gasteiger partial charge is 0.0464 e. The van der Waals surface area contributed by atoms with Crippen LogP contribution in [0.3, 0.4) is 0 Å². The van der Waals surface area contributed by atoms with Crippen molar-refractivity contribution in [1.82, 2.24) is 4.98 Å². The quantitative estimate of drug-likeness (QED) is 0.587. The van der Waals surface area contributed by atoms with Crippen molar-refractivity contribution in [2.24, 2.45) is 0 Å². The normalized spacial score (nSPS) is 10.3. The zero-order chi connectivity index (χ0) is 8.67. The summed E-state index contributed by atoms with van der Waals surface area (Å²) in [6.45, 7) is 0. The van der Waals surface area contributed by atoms with E-state index in [0.29, 0.717) is 0 Å². The molecule has 2 radical (unpaired) electrons. The molecule has 0 aliphatic heterocycles. The fourth-order valence-electron chi connectivity index (χ4n) is 1.80. The summed E-state index contributed by atoms with van der Waals surface area (Å²) in [5.74, 6) is 0.